The summed E-state index contributed by atoms with van der Waals surface area (Å²) in [5.41, 5.74) is 0. The predicted octanol–water partition coefficient (Wildman–Crippen LogP) is 0.485. The van der Waals surface area contributed by atoms with Crippen LogP contribution in [0.15, 0.2) is 0 Å². The standard InChI is InChI=1S/C2H5O.Mn/c1-2-3;/h2H2,1H3;/q-1;+1. The van der Waals surface area contributed by atoms with Gasteiger partial charge in [0.1, 0.15) is 0 Å². The van der Waals surface area contributed by atoms with Crippen LogP contribution in [0.2, 0.25) is 0 Å². The quantitative estimate of drug-likeness (QED) is 0.435. The summed E-state index contributed by atoms with van der Waals surface area (Å²) in [6, 6.07) is 0. The minimum atomic E-state index is 0.736. The van der Waals surface area contributed by atoms with Gasteiger partial charge in [-0.05, 0) is 0 Å². The van der Waals surface area contributed by atoms with Crippen molar-refractivity contribution in [3.63, 3.8) is 0 Å². The first-order valence-corrected chi connectivity index (χ1v) is 1.63. The van der Waals surface area contributed by atoms with E-state index in [1.807, 2.05) is 6.92 Å². The van der Waals surface area contributed by atoms with E-state index in [0.717, 1.165) is 6.61 Å². The molecule has 0 aliphatic carbocycles. The molecule has 0 radical (unpaired) electrons. The van der Waals surface area contributed by atoms with Gasteiger partial charge in [-0.1, -0.05) is 0 Å². The number of hydrogen-bond donors (Lipinski definition) is 0. The van der Waals surface area contributed by atoms with Gasteiger partial charge in [-0.3, -0.25) is 0 Å². The van der Waals surface area contributed by atoms with Crippen molar-refractivity contribution < 1.29 is 20.2 Å². The summed E-state index contributed by atoms with van der Waals surface area (Å²) in [7, 11) is 0. The molecule has 0 bridgehead atoms. The van der Waals surface area contributed by atoms with Crippen LogP contribution in [0, 0.1) is 0 Å². The van der Waals surface area contributed by atoms with Gasteiger partial charge in [-0.2, -0.15) is 0 Å². The van der Waals surface area contributed by atoms with Crippen molar-refractivity contribution in [2.75, 3.05) is 6.61 Å². The van der Waals surface area contributed by atoms with Gasteiger partial charge < -0.3 is 0 Å². The van der Waals surface area contributed by atoms with Gasteiger partial charge in [0, 0.05) is 0 Å². The molecule has 0 fully saturated rings. The second-order valence-corrected chi connectivity index (χ2v) is 0.739. The Morgan fingerprint density at radius 2 is 2.25 bits per heavy atom. The van der Waals surface area contributed by atoms with E-state index in [9.17, 15) is 0 Å². The van der Waals surface area contributed by atoms with Crippen molar-refractivity contribution in [3.05, 3.63) is 0 Å². The first-order valence-electron chi connectivity index (χ1n) is 1.15. The Kier molecular flexibility index (Phi) is 3.90. The molecular weight excluding hydrogens is 95.0 g/mol. The maximum atomic E-state index is 4.35. The van der Waals surface area contributed by atoms with Gasteiger partial charge >= 0.3 is 33.7 Å². The van der Waals surface area contributed by atoms with Crippen molar-refractivity contribution in [3.8, 4) is 0 Å². The number of hydrogen-bond acceptors (Lipinski definition) is 1. The Labute approximate surface area is 34.5 Å². The van der Waals surface area contributed by atoms with Crippen LogP contribution in [0.5, 0.6) is 0 Å². The first-order chi connectivity index (χ1) is 1.91. The summed E-state index contributed by atoms with van der Waals surface area (Å²) in [5, 5.41) is 0. The molecule has 0 aliphatic rings. The molecule has 0 aromatic carbocycles. The third kappa shape index (κ3) is 2.48. The van der Waals surface area contributed by atoms with E-state index in [4.69, 9.17) is 0 Å². The van der Waals surface area contributed by atoms with E-state index in [1.165, 1.54) is 0 Å². The van der Waals surface area contributed by atoms with Crippen molar-refractivity contribution >= 4 is 0 Å². The van der Waals surface area contributed by atoms with Crippen molar-refractivity contribution in [1.29, 1.82) is 0 Å². The summed E-state index contributed by atoms with van der Waals surface area (Å²) in [5.74, 6) is 0. The SMILES string of the molecule is CC[O][Mn]. The van der Waals surface area contributed by atoms with E-state index < -0.39 is 0 Å². The molecule has 0 spiro atoms. The van der Waals surface area contributed by atoms with E-state index >= 15 is 0 Å². The minimum absolute atomic E-state index is 0.736. The van der Waals surface area contributed by atoms with Crippen LogP contribution >= 0.6 is 0 Å². The molecule has 2 heteroatoms. The molecule has 4 heavy (non-hydrogen) atoms. The van der Waals surface area contributed by atoms with E-state index in [-0.39, 0.29) is 0 Å². The molecular formula is C2H5MnO. The van der Waals surface area contributed by atoms with Crippen LogP contribution < -0.4 is 0 Å². The Balaban J connectivity index is 1.97. The molecule has 0 saturated heterocycles. The predicted molar refractivity (Wildman–Crippen MR) is 11.6 cm³/mol. The average molecular weight is 100.0 g/mol. The van der Waals surface area contributed by atoms with E-state index in [0.29, 0.717) is 0 Å². The molecule has 0 heterocycles. The van der Waals surface area contributed by atoms with Crippen LogP contribution in [0.4, 0.5) is 0 Å². The van der Waals surface area contributed by atoms with Crippen LogP contribution in [-0.4, -0.2) is 6.61 Å². The zero-order valence-electron chi connectivity index (χ0n) is 2.49. The van der Waals surface area contributed by atoms with Crippen molar-refractivity contribution in [2.45, 2.75) is 6.92 Å². The maximum absolute atomic E-state index is 4.35. The van der Waals surface area contributed by atoms with Crippen LogP contribution in [0.3, 0.4) is 0 Å². The van der Waals surface area contributed by atoms with Gasteiger partial charge in [0.15, 0.2) is 0 Å². The molecule has 0 aliphatic heterocycles. The number of rotatable bonds is 1. The average Bonchev–Trinajstić information content (AvgIpc) is 1.37. The molecule has 26 valence electrons. The van der Waals surface area contributed by atoms with E-state index in [2.05, 4.69) is 20.2 Å². The van der Waals surface area contributed by atoms with Crippen molar-refractivity contribution in [2.24, 2.45) is 0 Å². The summed E-state index contributed by atoms with van der Waals surface area (Å²) < 4.78 is 4.35. The van der Waals surface area contributed by atoms with Crippen LogP contribution in [0.1, 0.15) is 6.92 Å². The van der Waals surface area contributed by atoms with Gasteiger partial charge in [-0.25, -0.2) is 0 Å². The van der Waals surface area contributed by atoms with Gasteiger partial charge in [-0.15, -0.1) is 0 Å². The third-order valence-electron chi connectivity index (χ3n) is 0.109. The van der Waals surface area contributed by atoms with Gasteiger partial charge in [0.2, 0.25) is 0 Å². The second kappa shape index (κ2) is 3.48. The first kappa shape index (κ1) is 4.48. The molecule has 1 nitrogen and oxygen atoms in total. The fourth-order valence-corrected chi connectivity index (χ4v) is 0. The fraction of sp³-hybridized carbons (Fsp3) is 1.00. The monoisotopic (exact) mass is 100.0 g/mol. The Morgan fingerprint density at radius 3 is 2.25 bits per heavy atom. The third-order valence-corrected chi connectivity index (χ3v) is 0.450. The summed E-state index contributed by atoms with van der Waals surface area (Å²) in [6.07, 6.45) is 0. The fourth-order valence-electron chi connectivity index (χ4n) is 0. The topological polar surface area (TPSA) is 9.23 Å². The van der Waals surface area contributed by atoms with Crippen LogP contribution in [-0.2, 0) is 20.2 Å². The molecule has 0 aromatic heterocycles. The Bertz CT molecular complexity index is 8.00. The van der Waals surface area contributed by atoms with Crippen molar-refractivity contribution in [1.82, 2.24) is 0 Å². The van der Waals surface area contributed by atoms with Gasteiger partial charge in [0.05, 0.1) is 0 Å². The normalized spacial score (nSPS) is 7.50. The molecule has 0 aromatic rings. The summed E-state index contributed by atoms with van der Waals surface area (Å²) in [6.45, 7) is 2.65. The van der Waals surface area contributed by atoms with Gasteiger partial charge in [0.25, 0.3) is 0 Å². The molecule has 0 unspecified atom stereocenters. The summed E-state index contributed by atoms with van der Waals surface area (Å²) >= 11 is 2.75. The molecule has 0 atom stereocenters. The Hall–Kier alpha value is 0.479. The second-order valence-electron chi connectivity index (χ2n) is 0.398. The zero-order valence-corrected chi connectivity index (χ0v) is 3.67. The molecule has 0 saturated carbocycles. The molecule has 0 N–H and O–H groups in total. The molecule has 0 rings (SSSR count). The van der Waals surface area contributed by atoms with E-state index in [1.54, 1.807) is 0 Å². The van der Waals surface area contributed by atoms with Crippen LogP contribution in [0.25, 0.3) is 0 Å². The molecule has 0 amide bonds. The zero-order chi connectivity index (χ0) is 3.41. The Morgan fingerprint density at radius 1 is 2.00 bits per heavy atom. The summed E-state index contributed by atoms with van der Waals surface area (Å²) in [4.78, 5) is 0.